The Morgan fingerprint density at radius 3 is 2.16 bits per heavy atom. The fourth-order valence-electron chi connectivity index (χ4n) is 3.68. The molecule has 1 atom stereocenters. The summed E-state index contributed by atoms with van der Waals surface area (Å²) in [7, 11) is 0. The zero-order valence-electron chi connectivity index (χ0n) is 20.3. The molecule has 0 amide bonds. The lowest BCUT2D eigenvalue weighted by molar-refractivity contribution is 0.0281. The van der Waals surface area contributed by atoms with Crippen molar-refractivity contribution >= 4 is 5.97 Å². The predicted molar refractivity (Wildman–Crippen MR) is 131 cm³/mol. The molecule has 0 saturated carbocycles. The van der Waals surface area contributed by atoms with Gasteiger partial charge in [0.1, 0.15) is 17.5 Å². The number of hydrogen-bond acceptors (Lipinski definition) is 4. The van der Waals surface area contributed by atoms with Crippen LogP contribution in [-0.4, -0.2) is 17.6 Å². The molecule has 2 rings (SSSR count). The number of benzene rings is 1. The standard InChI is InChI=1S/C28H41NO3/c1-4-7-9-10-11-12-13-14-23-15-17-24(18-16-23)27(6-3)32-28(30)26-20-19-25(22-29-26)31-21-8-5-2/h15-20,22,27H,4-14,21H2,1-3H3. The van der Waals surface area contributed by atoms with Crippen LogP contribution in [-0.2, 0) is 11.2 Å². The van der Waals surface area contributed by atoms with Crippen molar-refractivity contribution in [1.29, 1.82) is 0 Å². The molecule has 0 saturated heterocycles. The molecule has 1 aromatic heterocycles. The fourth-order valence-corrected chi connectivity index (χ4v) is 3.68. The van der Waals surface area contributed by atoms with E-state index in [-0.39, 0.29) is 6.10 Å². The molecular weight excluding hydrogens is 398 g/mol. The highest BCUT2D eigenvalue weighted by molar-refractivity contribution is 5.87. The summed E-state index contributed by atoms with van der Waals surface area (Å²) in [4.78, 5) is 16.8. The number of ether oxygens (including phenoxy) is 2. The van der Waals surface area contributed by atoms with Crippen LogP contribution in [0.15, 0.2) is 42.6 Å². The van der Waals surface area contributed by atoms with E-state index in [4.69, 9.17) is 9.47 Å². The molecule has 0 N–H and O–H groups in total. The highest BCUT2D eigenvalue weighted by atomic mass is 16.5. The summed E-state index contributed by atoms with van der Waals surface area (Å²) in [5.41, 5.74) is 2.69. The lowest BCUT2D eigenvalue weighted by atomic mass is 10.0. The van der Waals surface area contributed by atoms with Crippen LogP contribution in [0, 0.1) is 0 Å². The zero-order chi connectivity index (χ0) is 23.0. The Hall–Kier alpha value is -2.36. The summed E-state index contributed by atoms with van der Waals surface area (Å²) in [5, 5.41) is 0. The molecule has 1 unspecified atom stereocenters. The van der Waals surface area contributed by atoms with Crippen LogP contribution in [0.4, 0.5) is 0 Å². The lowest BCUT2D eigenvalue weighted by Crippen LogP contribution is -2.12. The second kappa shape index (κ2) is 15.4. The summed E-state index contributed by atoms with van der Waals surface area (Å²) in [6.45, 7) is 7.07. The zero-order valence-corrected chi connectivity index (χ0v) is 20.3. The Balaban J connectivity index is 1.80. The third-order valence-electron chi connectivity index (χ3n) is 5.75. The molecule has 0 bridgehead atoms. The van der Waals surface area contributed by atoms with Crippen molar-refractivity contribution in [1.82, 2.24) is 4.98 Å². The van der Waals surface area contributed by atoms with E-state index in [1.165, 1.54) is 50.5 Å². The van der Waals surface area contributed by atoms with Gasteiger partial charge in [-0.1, -0.05) is 90.0 Å². The van der Waals surface area contributed by atoms with Gasteiger partial charge in [0.15, 0.2) is 0 Å². The van der Waals surface area contributed by atoms with E-state index < -0.39 is 5.97 Å². The van der Waals surface area contributed by atoms with Gasteiger partial charge in [-0.05, 0) is 48.9 Å². The topological polar surface area (TPSA) is 48.4 Å². The van der Waals surface area contributed by atoms with E-state index in [0.717, 1.165) is 31.2 Å². The second-order valence-corrected chi connectivity index (χ2v) is 8.50. The number of aryl methyl sites for hydroxylation is 1. The number of pyridine rings is 1. The van der Waals surface area contributed by atoms with Gasteiger partial charge in [0.05, 0.1) is 12.8 Å². The molecular formula is C28H41NO3. The molecule has 0 fully saturated rings. The number of esters is 1. The number of aromatic nitrogens is 1. The summed E-state index contributed by atoms with van der Waals surface area (Å²) in [6, 6.07) is 12.0. The van der Waals surface area contributed by atoms with Crippen molar-refractivity contribution < 1.29 is 14.3 Å². The Bertz CT molecular complexity index is 755. The molecule has 4 heteroatoms. The second-order valence-electron chi connectivity index (χ2n) is 8.50. The largest absolute Gasteiger partial charge is 0.492 e. The fraction of sp³-hybridized carbons (Fsp3) is 0.571. The first kappa shape index (κ1) is 25.9. The third-order valence-corrected chi connectivity index (χ3v) is 5.75. The number of carbonyl (C=O) groups is 1. The average Bonchev–Trinajstić information content (AvgIpc) is 2.83. The quantitative estimate of drug-likeness (QED) is 0.197. The normalized spacial score (nSPS) is 11.8. The van der Waals surface area contributed by atoms with Gasteiger partial charge in [-0.2, -0.15) is 0 Å². The summed E-state index contributed by atoms with van der Waals surface area (Å²) < 4.78 is 11.4. The Morgan fingerprint density at radius 1 is 0.844 bits per heavy atom. The van der Waals surface area contributed by atoms with Gasteiger partial charge in [0, 0.05) is 0 Å². The third kappa shape index (κ3) is 9.42. The minimum absolute atomic E-state index is 0.266. The van der Waals surface area contributed by atoms with Crippen molar-refractivity contribution in [3.63, 3.8) is 0 Å². The van der Waals surface area contributed by atoms with Crippen LogP contribution in [0.3, 0.4) is 0 Å². The summed E-state index contributed by atoms with van der Waals surface area (Å²) in [5.74, 6) is 0.280. The number of hydrogen-bond donors (Lipinski definition) is 0. The molecule has 0 radical (unpaired) electrons. The molecule has 1 heterocycles. The van der Waals surface area contributed by atoms with Crippen LogP contribution >= 0.6 is 0 Å². The van der Waals surface area contributed by atoms with Gasteiger partial charge in [0.25, 0.3) is 0 Å². The average molecular weight is 440 g/mol. The van der Waals surface area contributed by atoms with Gasteiger partial charge in [-0.25, -0.2) is 9.78 Å². The van der Waals surface area contributed by atoms with E-state index in [9.17, 15) is 4.79 Å². The maximum absolute atomic E-state index is 12.6. The molecule has 1 aromatic carbocycles. The van der Waals surface area contributed by atoms with E-state index in [2.05, 4.69) is 43.1 Å². The summed E-state index contributed by atoms with van der Waals surface area (Å²) in [6.07, 6.45) is 14.5. The maximum Gasteiger partial charge on any atom is 0.357 e. The maximum atomic E-state index is 12.6. The van der Waals surface area contributed by atoms with E-state index >= 15 is 0 Å². The number of rotatable bonds is 16. The van der Waals surface area contributed by atoms with Crippen molar-refractivity contribution in [3.05, 3.63) is 59.4 Å². The molecule has 32 heavy (non-hydrogen) atoms. The van der Waals surface area contributed by atoms with Crippen molar-refractivity contribution in [2.75, 3.05) is 6.61 Å². The molecule has 176 valence electrons. The van der Waals surface area contributed by atoms with E-state index in [1.807, 2.05) is 6.92 Å². The predicted octanol–water partition coefficient (Wildman–Crippen LogP) is 7.86. The smallest absolute Gasteiger partial charge is 0.357 e. The van der Waals surface area contributed by atoms with Gasteiger partial charge in [-0.3, -0.25) is 0 Å². The summed E-state index contributed by atoms with van der Waals surface area (Å²) >= 11 is 0. The number of carbonyl (C=O) groups excluding carboxylic acids is 1. The van der Waals surface area contributed by atoms with Crippen molar-refractivity contribution in [2.45, 2.75) is 97.5 Å². The Kier molecular flexibility index (Phi) is 12.5. The molecule has 0 aliphatic rings. The van der Waals surface area contributed by atoms with Crippen LogP contribution in [0.2, 0.25) is 0 Å². The van der Waals surface area contributed by atoms with Crippen LogP contribution in [0.1, 0.15) is 113 Å². The lowest BCUT2D eigenvalue weighted by Gasteiger charge is -2.17. The first-order valence-corrected chi connectivity index (χ1v) is 12.6. The monoisotopic (exact) mass is 439 g/mol. The molecule has 0 aliphatic carbocycles. The Morgan fingerprint density at radius 2 is 1.53 bits per heavy atom. The van der Waals surface area contributed by atoms with Crippen LogP contribution in [0.5, 0.6) is 5.75 Å². The first-order valence-electron chi connectivity index (χ1n) is 12.6. The van der Waals surface area contributed by atoms with E-state index in [1.54, 1.807) is 18.3 Å². The number of nitrogens with zero attached hydrogens (tertiary/aromatic N) is 1. The Labute approximate surface area is 194 Å². The highest BCUT2D eigenvalue weighted by Crippen LogP contribution is 2.24. The first-order chi connectivity index (χ1) is 15.7. The minimum atomic E-state index is -0.399. The SMILES string of the molecule is CCCCCCCCCc1ccc(C(CC)OC(=O)c2ccc(OCCCC)cn2)cc1. The molecule has 0 spiro atoms. The van der Waals surface area contributed by atoms with Gasteiger partial charge in [0.2, 0.25) is 0 Å². The highest BCUT2D eigenvalue weighted by Gasteiger charge is 2.17. The van der Waals surface area contributed by atoms with Gasteiger partial charge >= 0.3 is 5.97 Å². The van der Waals surface area contributed by atoms with Gasteiger partial charge in [-0.15, -0.1) is 0 Å². The van der Waals surface area contributed by atoms with Crippen LogP contribution in [0.25, 0.3) is 0 Å². The van der Waals surface area contributed by atoms with Gasteiger partial charge < -0.3 is 9.47 Å². The number of unbranched alkanes of at least 4 members (excludes halogenated alkanes) is 7. The molecule has 2 aromatic rings. The van der Waals surface area contributed by atoms with Crippen molar-refractivity contribution in [3.8, 4) is 5.75 Å². The van der Waals surface area contributed by atoms with E-state index in [0.29, 0.717) is 18.1 Å². The minimum Gasteiger partial charge on any atom is -0.492 e. The molecule has 4 nitrogen and oxygen atoms in total. The van der Waals surface area contributed by atoms with Crippen molar-refractivity contribution in [2.24, 2.45) is 0 Å². The molecule has 0 aliphatic heterocycles. The van der Waals surface area contributed by atoms with Crippen LogP contribution < -0.4 is 4.74 Å².